The number of likely N-dealkylation sites (N-methyl/N-ethyl adjacent to an activating group) is 1. The predicted molar refractivity (Wildman–Crippen MR) is 79.8 cm³/mol. The number of ether oxygens (including phenoxy) is 1. The maximum absolute atomic E-state index is 12.0. The minimum absolute atomic E-state index is 0.00857. The monoisotopic (exact) mass is 276 g/mol. The lowest BCUT2D eigenvalue weighted by Gasteiger charge is -2.26. The number of hydrogen-bond donors (Lipinski definition) is 2. The van der Waals surface area contributed by atoms with Crippen molar-refractivity contribution in [1.29, 1.82) is 0 Å². The van der Waals surface area contributed by atoms with Gasteiger partial charge in [0.05, 0.1) is 0 Å². The number of rotatable bonds is 6. The second kappa shape index (κ2) is 8.02. The van der Waals surface area contributed by atoms with Gasteiger partial charge in [-0.25, -0.2) is 0 Å². The van der Waals surface area contributed by atoms with Crippen LogP contribution in [0.1, 0.15) is 29.6 Å². The molecule has 0 saturated carbocycles. The molecule has 1 aromatic carbocycles. The molecule has 2 rings (SSSR count). The molecule has 4 heteroatoms. The van der Waals surface area contributed by atoms with Crippen LogP contribution in [0, 0.1) is 5.92 Å². The van der Waals surface area contributed by atoms with Crippen LogP contribution in [-0.4, -0.2) is 38.8 Å². The third kappa shape index (κ3) is 4.62. The van der Waals surface area contributed by atoms with E-state index in [0.717, 1.165) is 26.1 Å². The Balaban J connectivity index is 1.77. The van der Waals surface area contributed by atoms with Crippen molar-refractivity contribution in [3.8, 4) is 0 Å². The zero-order chi connectivity index (χ0) is 14.2. The molecule has 0 aromatic heterocycles. The summed E-state index contributed by atoms with van der Waals surface area (Å²) in [5.74, 6) is 0.598. The van der Waals surface area contributed by atoms with Crippen LogP contribution in [0.15, 0.2) is 30.3 Å². The Morgan fingerprint density at radius 2 is 2.20 bits per heavy atom. The van der Waals surface area contributed by atoms with Gasteiger partial charge in [-0.15, -0.1) is 0 Å². The second-order valence-corrected chi connectivity index (χ2v) is 5.38. The summed E-state index contributed by atoms with van der Waals surface area (Å²) < 4.78 is 5.51. The second-order valence-electron chi connectivity index (χ2n) is 5.38. The van der Waals surface area contributed by atoms with Gasteiger partial charge in [-0.2, -0.15) is 0 Å². The largest absolute Gasteiger partial charge is 0.381 e. The fourth-order valence-electron chi connectivity index (χ4n) is 2.61. The zero-order valence-electron chi connectivity index (χ0n) is 12.1. The molecule has 1 aliphatic heterocycles. The summed E-state index contributed by atoms with van der Waals surface area (Å²) in [6, 6.07) is 9.63. The highest BCUT2D eigenvalue weighted by Gasteiger charge is 2.19. The highest BCUT2D eigenvalue weighted by Crippen LogP contribution is 2.18. The van der Waals surface area contributed by atoms with E-state index in [4.69, 9.17) is 4.74 Å². The van der Waals surface area contributed by atoms with Crippen LogP contribution in [0.5, 0.6) is 0 Å². The van der Waals surface area contributed by atoms with Crippen LogP contribution >= 0.6 is 0 Å². The number of benzene rings is 1. The van der Waals surface area contributed by atoms with Gasteiger partial charge in [0.1, 0.15) is 0 Å². The normalized spacial score (nSPS) is 20.4. The van der Waals surface area contributed by atoms with Crippen LogP contribution < -0.4 is 10.6 Å². The first-order chi connectivity index (χ1) is 9.79. The molecule has 2 N–H and O–H groups in total. The minimum Gasteiger partial charge on any atom is -0.381 e. The van der Waals surface area contributed by atoms with Gasteiger partial charge in [0.15, 0.2) is 0 Å². The number of amides is 1. The first kappa shape index (κ1) is 15.0. The summed E-state index contributed by atoms with van der Waals surface area (Å²) in [4.78, 5) is 12.0. The van der Waals surface area contributed by atoms with Gasteiger partial charge in [0.25, 0.3) is 5.91 Å². The number of carbonyl (C=O) groups excluding carboxylic acids is 1. The summed E-state index contributed by atoms with van der Waals surface area (Å²) in [5.41, 5.74) is 0.711. The molecule has 4 nitrogen and oxygen atoms in total. The summed E-state index contributed by atoms with van der Waals surface area (Å²) >= 11 is 0. The van der Waals surface area contributed by atoms with Crippen molar-refractivity contribution < 1.29 is 9.53 Å². The minimum atomic E-state index is -0.00857. The first-order valence-electron chi connectivity index (χ1n) is 7.38. The molecule has 1 amide bonds. The van der Waals surface area contributed by atoms with Gasteiger partial charge in [-0.3, -0.25) is 4.79 Å². The number of carbonyl (C=O) groups is 1. The van der Waals surface area contributed by atoms with Crippen molar-refractivity contribution >= 4 is 5.91 Å². The summed E-state index contributed by atoms with van der Waals surface area (Å²) in [6.45, 7) is 2.40. The van der Waals surface area contributed by atoms with E-state index in [9.17, 15) is 4.79 Å². The van der Waals surface area contributed by atoms with Crippen LogP contribution in [0.4, 0.5) is 0 Å². The molecule has 1 aliphatic rings. The lowest BCUT2D eigenvalue weighted by atomic mass is 9.94. The van der Waals surface area contributed by atoms with E-state index < -0.39 is 0 Å². The van der Waals surface area contributed by atoms with E-state index in [1.165, 1.54) is 6.42 Å². The Bertz CT molecular complexity index is 402. The number of hydrogen-bond acceptors (Lipinski definition) is 3. The maximum atomic E-state index is 12.0. The van der Waals surface area contributed by atoms with Gasteiger partial charge < -0.3 is 15.4 Å². The molecule has 0 radical (unpaired) electrons. The van der Waals surface area contributed by atoms with Crippen molar-refractivity contribution in [2.45, 2.75) is 25.3 Å². The van der Waals surface area contributed by atoms with Gasteiger partial charge in [0, 0.05) is 31.4 Å². The van der Waals surface area contributed by atoms with Gasteiger partial charge in [-0.05, 0) is 44.4 Å². The third-order valence-electron chi connectivity index (χ3n) is 3.83. The Labute approximate surface area is 120 Å². The van der Waals surface area contributed by atoms with Gasteiger partial charge in [-0.1, -0.05) is 18.2 Å². The Morgan fingerprint density at radius 3 is 2.85 bits per heavy atom. The quantitative estimate of drug-likeness (QED) is 0.833. The van der Waals surface area contributed by atoms with E-state index in [2.05, 4.69) is 10.6 Å². The van der Waals surface area contributed by atoms with Crippen molar-refractivity contribution in [2.24, 2.45) is 5.92 Å². The molecule has 0 aliphatic carbocycles. The Kier molecular flexibility index (Phi) is 6.02. The molecule has 1 aromatic rings. The van der Waals surface area contributed by atoms with Crippen LogP contribution in [0.25, 0.3) is 0 Å². The van der Waals surface area contributed by atoms with Crippen LogP contribution in [-0.2, 0) is 4.74 Å². The van der Waals surface area contributed by atoms with E-state index >= 15 is 0 Å². The van der Waals surface area contributed by atoms with E-state index in [-0.39, 0.29) is 5.91 Å². The molecule has 1 heterocycles. The third-order valence-corrected chi connectivity index (χ3v) is 3.83. The smallest absolute Gasteiger partial charge is 0.251 e. The van der Waals surface area contributed by atoms with E-state index in [1.54, 1.807) is 0 Å². The van der Waals surface area contributed by atoms with Crippen molar-refractivity contribution in [2.75, 3.05) is 26.8 Å². The summed E-state index contributed by atoms with van der Waals surface area (Å²) in [7, 11) is 1.95. The maximum Gasteiger partial charge on any atom is 0.251 e. The summed E-state index contributed by atoms with van der Waals surface area (Å²) in [5, 5.41) is 6.28. The highest BCUT2D eigenvalue weighted by atomic mass is 16.5. The fourth-order valence-corrected chi connectivity index (χ4v) is 2.61. The molecule has 1 saturated heterocycles. The molecule has 0 unspecified atom stereocenters. The molecular formula is C16H24N2O2. The molecule has 1 fully saturated rings. The predicted octanol–water partition coefficient (Wildman–Crippen LogP) is 1.82. The average Bonchev–Trinajstić information content (AvgIpc) is 2.53. The Morgan fingerprint density at radius 1 is 1.40 bits per heavy atom. The van der Waals surface area contributed by atoms with Crippen molar-refractivity contribution in [3.05, 3.63) is 35.9 Å². The first-order valence-corrected chi connectivity index (χ1v) is 7.38. The lowest BCUT2D eigenvalue weighted by Crippen LogP contribution is -2.41. The van der Waals surface area contributed by atoms with Crippen LogP contribution in [0.3, 0.4) is 0 Å². The SMILES string of the molecule is CN[C@@H](CNC(=O)c1ccccc1)C[C@H]1CCCOC1. The summed E-state index contributed by atoms with van der Waals surface area (Å²) in [6.07, 6.45) is 3.42. The standard InChI is InChI=1S/C16H24N2O2/c1-17-15(10-13-6-5-9-20-12-13)11-18-16(19)14-7-3-2-4-8-14/h2-4,7-8,13,15,17H,5-6,9-12H2,1H3,(H,18,19)/t13-,15-/m1/s1. The Hall–Kier alpha value is -1.39. The molecule has 2 atom stereocenters. The van der Waals surface area contributed by atoms with Crippen molar-refractivity contribution in [3.63, 3.8) is 0 Å². The van der Waals surface area contributed by atoms with E-state index in [1.807, 2.05) is 37.4 Å². The van der Waals surface area contributed by atoms with Gasteiger partial charge >= 0.3 is 0 Å². The molecule has 20 heavy (non-hydrogen) atoms. The molecular weight excluding hydrogens is 252 g/mol. The average molecular weight is 276 g/mol. The number of nitrogens with one attached hydrogen (secondary N) is 2. The zero-order valence-corrected chi connectivity index (χ0v) is 12.1. The topological polar surface area (TPSA) is 50.4 Å². The molecule has 110 valence electrons. The lowest BCUT2D eigenvalue weighted by molar-refractivity contribution is 0.0478. The molecule has 0 bridgehead atoms. The molecule has 0 spiro atoms. The van der Waals surface area contributed by atoms with Gasteiger partial charge in [0.2, 0.25) is 0 Å². The van der Waals surface area contributed by atoms with Crippen LogP contribution in [0.2, 0.25) is 0 Å². The van der Waals surface area contributed by atoms with E-state index in [0.29, 0.717) is 24.1 Å². The van der Waals surface area contributed by atoms with Crippen molar-refractivity contribution in [1.82, 2.24) is 10.6 Å². The highest BCUT2D eigenvalue weighted by molar-refractivity contribution is 5.94. The fraction of sp³-hybridized carbons (Fsp3) is 0.562.